The second-order valence-electron chi connectivity index (χ2n) is 7.53. The van der Waals surface area contributed by atoms with E-state index in [1.165, 1.54) is 17.4 Å². The molecule has 0 unspecified atom stereocenters. The minimum atomic E-state index is -0.472. The lowest BCUT2D eigenvalue weighted by Crippen LogP contribution is -2.22. The Labute approximate surface area is 167 Å². The molecule has 0 saturated heterocycles. The van der Waals surface area contributed by atoms with E-state index >= 15 is 0 Å². The first-order valence-corrected chi connectivity index (χ1v) is 9.87. The lowest BCUT2D eigenvalue weighted by molar-refractivity contribution is -0.119. The second-order valence-corrected chi connectivity index (χ2v) is 8.61. The second kappa shape index (κ2) is 8.40. The topological polar surface area (TPSA) is 59.2 Å². The number of hydrogen-bond acceptors (Lipinski definition) is 4. The van der Waals surface area contributed by atoms with Crippen molar-refractivity contribution in [3.63, 3.8) is 0 Å². The number of hydrogen-bond donors (Lipinski definition) is 1. The van der Waals surface area contributed by atoms with Crippen molar-refractivity contribution in [3.05, 3.63) is 85.3 Å². The molecule has 5 heteroatoms. The van der Waals surface area contributed by atoms with Crippen molar-refractivity contribution in [2.45, 2.75) is 27.4 Å². The minimum absolute atomic E-state index is 0.0172. The molecule has 2 aromatic carbocycles. The summed E-state index contributed by atoms with van der Waals surface area (Å²) in [4.78, 5) is 27.0. The molecule has 28 heavy (non-hydrogen) atoms. The molecule has 0 atom stereocenters. The average molecular weight is 394 g/mol. The Morgan fingerprint density at radius 1 is 1.07 bits per heavy atom. The number of aromatic amines is 1. The third-order valence-corrected chi connectivity index (χ3v) is 5.07. The van der Waals surface area contributed by atoms with E-state index in [4.69, 9.17) is 4.74 Å². The van der Waals surface area contributed by atoms with Crippen LogP contribution in [0.3, 0.4) is 0 Å². The van der Waals surface area contributed by atoms with Crippen LogP contribution in [0.5, 0.6) is 5.75 Å². The van der Waals surface area contributed by atoms with Gasteiger partial charge in [0.2, 0.25) is 0 Å². The fourth-order valence-electron chi connectivity index (χ4n) is 2.41. The fourth-order valence-corrected chi connectivity index (χ4v) is 3.30. The van der Waals surface area contributed by atoms with Crippen LogP contribution in [0.15, 0.2) is 59.4 Å². The highest BCUT2D eigenvalue weighted by molar-refractivity contribution is 7.07. The Balaban J connectivity index is 1.76. The number of benzene rings is 2. The fraction of sp³-hybridized carbons (Fsp3) is 0.217. The lowest BCUT2D eigenvalue weighted by Gasteiger charge is -2.12. The molecule has 1 aromatic heterocycles. The zero-order valence-electron chi connectivity index (χ0n) is 16.2. The molecule has 0 aliphatic rings. The van der Waals surface area contributed by atoms with Crippen molar-refractivity contribution in [2.75, 3.05) is 0 Å². The van der Waals surface area contributed by atoms with E-state index in [0.717, 1.165) is 16.9 Å². The van der Waals surface area contributed by atoms with Gasteiger partial charge in [-0.05, 0) is 29.3 Å². The molecule has 3 aromatic rings. The average Bonchev–Trinajstić information content (AvgIpc) is 3.00. The molecule has 0 aliphatic carbocycles. The van der Waals surface area contributed by atoms with Crippen LogP contribution < -0.4 is 19.5 Å². The molecule has 3 rings (SSSR count). The van der Waals surface area contributed by atoms with Crippen LogP contribution in [-0.4, -0.2) is 10.8 Å². The van der Waals surface area contributed by atoms with Crippen LogP contribution in [0.25, 0.3) is 12.2 Å². The highest BCUT2D eigenvalue weighted by Gasteiger charge is 2.18. The summed E-state index contributed by atoms with van der Waals surface area (Å²) in [6, 6.07) is 17.6. The van der Waals surface area contributed by atoms with Gasteiger partial charge < -0.3 is 9.72 Å². The van der Waals surface area contributed by atoms with Crippen LogP contribution in [0.1, 0.15) is 31.9 Å². The number of carbonyl (C=O) groups is 1. The van der Waals surface area contributed by atoms with Gasteiger partial charge in [0.15, 0.2) is 5.78 Å². The van der Waals surface area contributed by atoms with E-state index in [9.17, 15) is 9.59 Å². The van der Waals surface area contributed by atoms with E-state index in [2.05, 4.69) is 4.98 Å². The molecular formula is C23H23NO3S. The van der Waals surface area contributed by atoms with Crippen molar-refractivity contribution in [1.29, 1.82) is 0 Å². The van der Waals surface area contributed by atoms with Gasteiger partial charge in [-0.25, -0.2) is 0 Å². The molecule has 0 bridgehead atoms. The van der Waals surface area contributed by atoms with Gasteiger partial charge in [0.1, 0.15) is 12.4 Å². The van der Waals surface area contributed by atoms with E-state index in [1.54, 1.807) is 0 Å². The number of H-pyrrole nitrogens is 1. The molecule has 0 spiro atoms. The quantitative estimate of drug-likeness (QED) is 0.724. The Morgan fingerprint density at radius 2 is 1.75 bits per heavy atom. The van der Waals surface area contributed by atoms with Gasteiger partial charge in [0, 0.05) is 11.5 Å². The standard InChI is InChI=1S/C23H23NO3S/c1-23(2,3)20(25)14-21-24-22(26)19(28-21)13-16-9-11-18(12-10-16)27-15-17-7-5-4-6-8-17/h4-14H,15H2,1-3H3,(H,24,26)/b19-13+,21-14+. The maximum Gasteiger partial charge on any atom is 0.266 e. The molecular weight excluding hydrogens is 370 g/mol. The van der Waals surface area contributed by atoms with Gasteiger partial charge in [-0.15, -0.1) is 11.3 Å². The summed E-state index contributed by atoms with van der Waals surface area (Å²) in [5, 5.41) is 0. The lowest BCUT2D eigenvalue weighted by atomic mass is 9.91. The SMILES string of the molecule is CC(C)(C)C(=O)/C=c1\[nH]c(=O)/c(=C\c2ccc(OCc3ccccc3)cc2)s1. The largest absolute Gasteiger partial charge is 0.489 e. The van der Waals surface area contributed by atoms with Crippen LogP contribution in [0.4, 0.5) is 0 Å². The van der Waals surface area contributed by atoms with Gasteiger partial charge in [-0.1, -0.05) is 63.2 Å². The van der Waals surface area contributed by atoms with E-state index in [1.807, 2.05) is 81.4 Å². The zero-order chi connectivity index (χ0) is 20.1. The Morgan fingerprint density at radius 3 is 2.39 bits per heavy atom. The van der Waals surface area contributed by atoms with E-state index < -0.39 is 5.41 Å². The molecule has 1 heterocycles. The van der Waals surface area contributed by atoms with Gasteiger partial charge in [-0.2, -0.15) is 0 Å². The summed E-state index contributed by atoms with van der Waals surface area (Å²) in [7, 11) is 0. The molecule has 0 fully saturated rings. The van der Waals surface area contributed by atoms with Crippen molar-refractivity contribution in [2.24, 2.45) is 5.41 Å². The number of aromatic nitrogens is 1. The maximum atomic E-state index is 12.2. The highest BCUT2D eigenvalue weighted by atomic mass is 32.1. The zero-order valence-corrected chi connectivity index (χ0v) is 17.0. The van der Waals surface area contributed by atoms with Gasteiger partial charge in [0.25, 0.3) is 5.56 Å². The number of ether oxygens (including phenoxy) is 1. The molecule has 0 saturated carbocycles. The third kappa shape index (κ3) is 5.30. The molecule has 144 valence electrons. The summed E-state index contributed by atoms with van der Waals surface area (Å²) < 4.78 is 6.91. The molecule has 4 nitrogen and oxygen atoms in total. The number of Topliss-reactive ketones (excluding diaryl/α,β-unsaturated/α-hetero) is 1. The van der Waals surface area contributed by atoms with Crippen LogP contribution in [-0.2, 0) is 11.4 Å². The third-order valence-electron chi connectivity index (χ3n) is 4.11. The van der Waals surface area contributed by atoms with Crippen LogP contribution in [0, 0.1) is 5.41 Å². The van der Waals surface area contributed by atoms with Crippen molar-refractivity contribution in [3.8, 4) is 5.75 Å². The number of carbonyl (C=O) groups excluding carboxylic acids is 1. The van der Waals surface area contributed by atoms with Crippen LogP contribution >= 0.6 is 11.3 Å². The Hall–Kier alpha value is -2.92. The van der Waals surface area contributed by atoms with Crippen molar-refractivity contribution >= 4 is 29.3 Å². The summed E-state index contributed by atoms with van der Waals surface area (Å²) >= 11 is 1.28. The van der Waals surface area contributed by atoms with Crippen LogP contribution in [0.2, 0.25) is 0 Å². The van der Waals surface area contributed by atoms with E-state index in [0.29, 0.717) is 15.8 Å². The summed E-state index contributed by atoms with van der Waals surface area (Å²) in [6.07, 6.45) is 3.31. The maximum absolute atomic E-state index is 12.2. The monoisotopic (exact) mass is 393 g/mol. The highest BCUT2D eigenvalue weighted by Crippen LogP contribution is 2.15. The summed E-state index contributed by atoms with van der Waals surface area (Å²) in [5.41, 5.74) is 1.34. The van der Waals surface area contributed by atoms with Crippen molar-refractivity contribution in [1.82, 2.24) is 4.98 Å². The first kappa shape index (κ1) is 19.8. The molecule has 0 aliphatic heterocycles. The smallest absolute Gasteiger partial charge is 0.266 e. The van der Waals surface area contributed by atoms with Gasteiger partial charge in [0.05, 0.1) is 9.20 Å². The molecule has 1 N–H and O–H groups in total. The predicted octanol–water partition coefficient (Wildman–Crippen LogP) is 3.24. The van der Waals surface area contributed by atoms with E-state index in [-0.39, 0.29) is 11.3 Å². The Bertz CT molecular complexity index is 1120. The number of rotatable bonds is 5. The minimum Gasteiger partial charge on any atom is -0.489 e. The number of thiazole rings is 1. The molecule has 0 amide bonds. The Kier molecular flexibility index (Phi) is 5.95. The predicted molar refractivity (Wildman–Crippen MR) is 114 cm³/mol. The van der Waals surface area contributed by atoms with Crippen molar-refractivity contribution < 1.29 is 9.53 Å². The summed E-state index contributed by atoms with van der Waals surface area (Å²) in [5.74, 6) is 0.752. The number of nitrogens with one attached hydrogen (secondary N) is 1. The first-order chi connectivity index (χ1) is 13.3. The van der Waals surface area contributed by atoms with Gasteiger partial charge >= 0.3 is 0 Å². The molecule has 0 radical (unpaired) electrons. The number of ketones is 1. The van der Waals surface area contributed by atoms with Gasteiger partial charge in [-0.3, -0.25) is 9.59 Å². The first-order valence-electron chi connectivity index (χ1n) is 9.05. The summed E-state index contributed by atoms with van der Waals surface area (Å²) in [6.45, 7) is 6.07. The normalized spacial score (nSPS) is 13.0.